The number of nitrogens with two attached hydrogens (primary N) is 1. The minimum absolute atomic E-state index is 0.0504. The molecule has 0 bridgehead atoms. The Morgan fingerprint density at radius 2 is 1.71 bits per heavy atom. The van der Waals surface area contributed by atoms with E-state index in [4.69, 9.17) is 5.73 Å². The average Bonchev–Trinajstić information content (AvgIpc) is 2.44. The number of nitrogens with one attached hydrogen (secondary N) is 1. The summed E-state index contributed by atoms with van der Waals surface area (Å²) < 4.78 is 37.9. The smallest absolute Gasteiger partial charge is 0.368 e. The number of hydrogen-bond donors (Lipinski definition) is 2. The summed E-state index contributed by atoms with van der Waals surface area (Å²) in [6, 6.07) is 8.64. The minimum Gasteiger partial charge on any atom is -0.368 e. The van der Waals surface area contributed by atoms with E-state index in [2.05, 4.69) is 22.2 Å². The molecular formula is C14H15F3N4. The van der Waals surface area contributed by atoms with Gasteiger partial charge in [-0.2, -0.15) is 18.2 Å². The van der Waals surface area contributed by atoms with Crippen molar-refractivity contribution in [3.63, 3.8) is 0 Å². The van der Waals surface area contributed by atoms with Crippen molar-refractivity contribution >= 4 is 11.8 Å². The van der Waals surface area contributed by atoms with Crippen LogP contribution in [0.15, 0.2) is 30.3 Å². The lowest BCUT2D eigenvalue weighted by Gasteiger charge is -2.10. The van der Waals surface area contributed by atoms with Crippen LogP contribution in [0.2, 0.25) is 0 Å². The second-order valence-electron chi connectivity index (χ2n) is 4.52. The molecule has 0 spiro atoms. The molecule has 1 heterocycles. The lowest BCUT2D eigenvalue weighted by Crippen LogP contribution is -2.13. The number of halogens is 3. The van der Waals surface area contributed by atoms with Gasteiger partial charge in [0.2, 0.25) is 5.95 Å². The minimum atomic E-state index is -4.55. The number of anilines is 2. The molecule has 112 valence electrons. The molecule has 0 amide bonds. The quantitative estimate of drug-likeness (QED) is 0.909. The van der Waals surface area contributed by atoms with E-state index in [1.54, 1.807) is 0 Å². The van der Waals surface area contributed by atoms with Gasteiger partial charge in [-0.1, -0.05) is 31.2 Å². The maximum atomic E-state index is 12.6. The molecule has 2 rings (SSSR count). The van der Waals surface area contributed by atoms with Crippen LogP contribution in [0.5, 0.6) is 0 Å². The van der Waals surface area contributed by atoms with Crippen molar-refractivity contribution in [3.8, 4) is 0 Å². The summed E-state index contributed by atoms with van der Waals surface area (Å²) in [6.45, 7) is 2.41. The zero-order valence-corrected chi connectivity index (χ0v) is 11.4. The van der Waals surface area contributed by atoms with Gasteiger partial charge in [0.1, 0.15) is 5.82 Å². The van der Waals surface area contributed by atoms with E-state index in [0.717, 1.165) is 18.1 Å². The van der Waals surface area contributed by atoms with Crippen LogP contribution in [-0.4, -0.2) is 9.97 Å². The van der Waals surface area contributed by atoms with Gasteiger partial charge in [0, 0.05) is 12.6 Å². The number of aryl methyl sites for hydroxylation is 1. The third-order valence-electron chi connectivity index (χ3n) is 2.94. The molecule has 21 heavy (non-hydrogen) atoms. The van der Waals surface area contributed by atoms with Crippen molar-refractivity contribution in [1.82, 2.24) is 9.97 Å². The Morgan fingerprint density at radius 3 is 2.29 bits per heavy atom. The van der Waals surface area contributed by atoms with Crippen molar-refractivity contribution in [2.24, 2.45) is 0 Å². The highest BCUT2D eigenvalue weighted by Crippen LogP contribution is 2.29. The summed E-state index contributed by atoms with van der Waals surface area (Å²) >= 11 is 0. The first-order valence-corrected chi connectivity index (χ1v) is 6.42. The third-order valence-corrected chi connectivity index (χ3v) is 2.94. The number of aromatic nitrogens is 2. The highest BCUT2D eigenvalue weighted by Gasteiger charge is 2.33. The van der Waals surface area contributed by atoms with E-state index in [1.165, 1.54) is 5.56 Å². The van der Waals surface area contributed by atoms with Gasteiger partial charge in [0.05, 0.1) is 0 Å². The molecule has 0 unspecified atom stereocenters. The number of benzene rings is 1. The van der Waals surface area contributed by atoms with Gasteiger partial charge in [-0.25, -0.2) is 4.98 Å². The summed E-state index contributed by atoms with van der Waals surface area (Å²) in [5.74, 6) is -0.358. The highest BCUT2D eigenvalue weighted by molar-refractivity contribution is 5.42. The molecule has 3 N–H and O–H groups in total. The fourth-order valence-electron chi connectivity index (χ4n) is 1.79. The maximum Gasteiger partial charge on any atom is 0.433 e. The van der Waals surface area contributed by atoms with Gasteiger partial charge >= 0.3 is 6.18 Å². The average molecular weight is 296 g/mol. The van der Waals surface area contributed by atoms with Gasteiger partial charge in [-0.05, 0) is 17.5 Å². The van der Waals surface area contributed by atoms with Crippen molar-refractivity contribution in [3.05, 3.63) is 47.2 Å². The summed E-state index contributed by atoms with van der Waals surface area (Å²) in [5.41, 5.74) is 6.39. The first-order chi connectivity index (χ1) is 9.88. The molecule has 0 saturated heterocycles. The topological polar surface area (TPSA) is 63.8 Å². The zero-order chi connectivity index (χ0) is 15.5. The summed E-state index contributed by atoms with van der Waals surface area (Å²) in [7, 11) is 0. The Kier molecular flexibility index (Phi) is 4.30. The monoisotopic (exact) mass is 296 g/mol. The fraction of sp³-hybridized carbons (Fsp3) is 0.286. The maximum absolute atomic E-state index is 12.6. The van der Waals surface area contributed by atoms with Gasteiger partial charge in [-0.15, -0.1) is 0 Å². The zero-order valence-electron chi connectivity index (χ0n) is 11.4. The van der Waals surface area contributed by atoms with Gasteiger partial charge in [-0.3, -0.25) is 0 Å². The Hall–Kier alpha value is -2.31. The normalized spacial score (nSPS) is 11.4. The molecule has 0 aliphatic rings. The van der Waals surface area contributed by atoms with E-state index in [0.29, 0.717) is 6.54 Å². The van der Waals surface area contributed by atoms with E-state index in [-0.39, 0.29) is 5.82 Å². The van der Waals surface area contributed by atoms with Crippen LogP contribution in [0.4, 0.5) is 24.9 Å². The molecule has 0 fully saturated rings. The van der Waals surface area contributed by atoms with Gasteiger partial charge < -0.3 is 11.1 Å². The number of hydrogen-bond acceptors (Lipinski definition) is 4. The van der Waals surface area contributed by atoms with Crippen LogP contribution in [0, 0.1) is 0 Å². The Labute approximate surface area is 120 Å². The standard InChI is InChI=1S/C14H15F3N4/c1-2-9-3-5-10(6-4-9)8-19-12-7-11(14(15,16)17)20-13(18)21-12/h3-7H,2,8H2,1H3,(H3,18,19,20,21). The number of nitrogen functional groups attached to an aromatic ring is 1. The number of nitrogens with zero attached hydrogens (tertiary/aromatic N) is 2. The van der Waals surface area contributed by atoms with E-state index in [1.807, 2.05) is 24.3 Å². The molecule has 0 radical (unpaired) electrons. The van der Waals surface area contributed by atoms with Crippen LogP contribution in [0.3, 0.4) is 0 Å². The van der Waals surface area contributed by atoms with E-state index >= 15 is 0 Å². The number of rotatable bonds is 4. The Morgan fingerprint density at radius 1 is 1.10 bits per heavy atom. The summed E-state index contributed by atoms with van der Waals surface area (Å²) in [5, 5.41) is 2.82. The van der Waals surface area contributed by atoms with Crippen LogP contribution in [0.25, 0.3) is 0 Å². The third kappa shape index (κ3) is 4.08. The predicted molar refractivity (Wildman–Crippen MR) is 74.6 cm³/mol. The summed E-state index contributed by atoms with van der Waals surface area (Å²) in [4.78, 5) is 6.94. The van der Waals surface area contributed by atoms with Crippen LogP contribution >= 0.6 is 0 Å². The van der Waals surface area contributed by atoms with Crippen LogP contribution < -0.4 is 11.1 Å². The molecule has 1 aromatic heterocycles. The van der Waals surface area contributed by atoms with Crippen molar-refractivity contribution < 1.29 is 13.2 Å². The molecule has 0 aliphatic carbocycles. The first kappa shape index (κ1) is 15.1. The van der Waals surface area contributed by atoms with Crippen molar-refractivity contribution in [1.29, 1.82) is 0 Å². The Bertz CT molecular complexity index is 609. The molecule has 7 heteroatoms. The predicted octanol–water partition coefficient (Wildman–Crippen LogP) is 3.25. The number of alkyl halides is 3. The van der Waals surface area contributed by atoms with E-state index < -0.39 is 17.8 Å². The van der Waals surface area contributed by atoms with Crippen LogP contribution in [-0.2, 0) is 19.1 Å². The van der Waals surface area contributed by atoms with Crippen LogP contribution in [0.1, 0.15) is 23.7 Å². The molecule has 0 aliphatic heterocycles. The van der Waals surface area contributed by atoms with E-state index in [9.17, 15) is 13.2 Å². The SMILES string of the molecule is CCc1ccc(CNc2cc(C(F)(F)F)nc(N)n2)cc1. The summed E-state index contributed by atoms with van der Waals surface area (Å²) in [6.07, 6.45) is -3.61. The molecule has 1 aromatic carbocycles. The second-order valence-corrected chi connectivity index (χ2v) is 4.52. The van der Waals surface area contributed by atoms with Gasteiger partial charge in [0.25, 0.3) is 0 Å². The Balaban J connectivity index is 2.10. The molecule has 2 aromatic rings. The lowest BCUT2D eigenvalue weighted by atomic mass is 10.1. The van der Waals surface area contributed by atoms with Gasteiger partial charge in [0.15, 0.2) is 5.69 Å². The molecule has 4 nitrogen and oxygen atoms in total. The molecular weight excluding hydrogens is 281 g/mol. The molecule has 0 atom stereocenters. The fourth-order valence-corrected chi connectivity index (χ4v) is 1.79. The first-order valence-electron chi connectivity index (χ1n) is 6.42. The largest absolute Gasteiger partial charge is 0.433 e. The lowest BCUT2D eigenvalue weighted by molar-refractivity contribution is -0.141. The van der Waals surface area contributed by atoms with Crippen molar-refractivity contribution in [2.75, 3.05) is 11.1 Å². The second kappa shape index (κ2) is 5.99. The highest BCUT2D eigenvalue weighted by atomic mass is 19.4. The van der Waals surface area contributed by atoms with Crippen molar-refractivity contribution in [2.45, 2.75) is 26.1 Å². The molecule has 0 saturated carbocycles.